The summed E-state index contributed by atoms with van der Waals surface area (Å²) in [7, 11) is 0. The average Bonchev–Trinajstić information content (AvgIpc) is 2.90. The summed E-state index contributed by atoms with van der Waals surface area (Å²) in [6.45, 7) is 19.4. The quantitative estimate of drug-likeness (QED) is 0.154. The molecule has 0 aromatic carbocycles. The van der Waals surface area contributed by atoms with Crippen LogP contribution in [0.1, 0.15) is 101 Å². The van der Waals surface area contributed by atoms with Crippen molar-refractivity contribution in [3.05, 3.63) is 142 Å². The SMILES string of the molecule is CC1=C(/C=C/C(C)=C/C=C/C(C)=C/C=C/C=C(C)/C=C/C=C(C)/C=C/C=C(\C)CC/C=C(\C)CC(=O)O)C(C)(C)CCC1. The van der Waals surface area contributed by atoms with E-state index in [-0.39, 0.29) is 11.8 Å². The van der Waals surface area contributed by atoms with Crippen molar-refractivity contribution in [2.75, 3.05) is 0 Å². The molecule has 0 amide bonds. The monoisotopic (exact) mass is 580 g/mol. The van der Waals surface area contributed by atoms with E-state index in [1.54, 1.807) is 0 Å². The molecule has 0 aliphatic heterocycles. The Kier molecular flexibility index (Phi) is 17.6. The highest BCUT2D eigenvalue weighted by atomic mass is 16.4. The Morgan fingerprint density at radius 3 is 1.72 bits per heavy atom. The first-order chi connectivity index (χ1) is 20.3. The molecular weight excluding hydrogens is 524 g/mol. The van der Waals surface area contributed by atoms with Crippen molar-refractivity contribution >= 4 is 5.97 Å². The molecule has 43 heavy (non-hydrogen) atoms. The van der Waals surface area contributed by atoms with Gasteiger partial charge in [0.05, 0.1) is 6.42 Å². The highest BCUT2D eigenvalue weighted by Gasteiger charge is 2.26. The zero-order valence-electron chi connectivity index (χ0n) is 28.3. The van der Waals surface area contributed by atoms with Crippen molar-refractivity contribution < 1.29 is 9.90 Å². The molecule has 0 aromatic heterocycles. The number of carboxylic acid groups (broad SMARTS) is 1. The van der Waals surface area contributed by atoms with Crippen LogP contribution in [0.2, 0.25) is 0 Å². The molecule has 1 N–H and O–H groups in total. The van der Waals surface area contributed by atoms with E-state index < -0.39 is 5.97 Å². The third-order valence-corrected chi connectivity index (χ3v) is 7.52. The van der Waals surface area contributed by atoms with Crippen molar-refractivity contribution in [2.45, 2.75) is 101 Å². The Labute approximate surface area is 263 Å². The Morgan fingerprint density at radius 1 is 0.721 bits per heavy atom. The van der Waals surface area contributed by atoms with E-state index in [0.29, 0.717) is 0 Å². The molecule has 0 aromatic rings. The minimum atomic E-state index is -0.775. The van der Waals surface area contributed by atoms with Gasteiger partial charge < -0.3 is 5.11 Å². The number of hydrogen-bond acceptors (Lipinski definition) is 1. The highest BCUT2D eigenvalue weighted by molar-refractivity contribution is 5.69. The second-order valence-electron chi connectivity index (χ2n) is 12.5. The predicted octanol–water partition coefficient (Wildman–Crippen LogP) is 12.2. The number of carboxylic acids is 1. The molecule has 0 saturated heterocycles. The minimum Gasteiger partial charge on any atom is -0.481 e. The van der Waals surface area contributed by atoms with E-state index in [1.165, 1.54) is 58.3 Å². The summed E-state index contributed by atoms with van der Waals surface area (Å²) in [5.41, 5.74) is 10.3. The molecule has 2 nitrogen and oxygen atoms in total. The Hall–Kier alpha value is -3.65. The van der Waals surface area contributed by atoms with E-state index in [2.05, 4.69) is 147 Å². The van der Waals surface area contributed by atoms with Gasteiger partial charge in [0.2, 0.25) is 0 Å². The summed E-state index contributed by atoms with van der Waals surface area (Å²) in [6.07, 6.45) is 39.7. The van der Waals surface area contributed by atoms with Gasteiger partial charge in [-0.15, -0.1) is 0 Å². The minimum absolute atomic E-state index is 0.119. The fourth-order valence-corrected chi connectivity index (χ4v) is 4.87. The second-order valence-corrected chi connectivity index (χ2v) is 12.5. The van der Waals surface area contributed by atoms with Gasteiger partial charge in [0.1, 0.15) is 0 Å². The standard InChI is InChI=1S/C41H56O2/c1-32(19-12-21-34(3)22-13-23-35(4)24-15-26-37(6)31-40(42)43)17-10-11-18-33(2)20-14-25-36(5)28-29-39-38(7)27-16-30-41(39,8)9/h10-14,17-23,25-26,28-29H,15-16,24,27,30-31H2,1-9H3,(H,42,43)/b11-10+,19-12+,20-14+,22-13+,29-28+,32-17+,33-18+,34-21+,35-23+,36-25+,37-26+. The van der Waals surface area contributed by atoms with Gasteiger partial charge in [-0.25, -0.2) is 0 Å². The largest absolute Gasteiger partial charge is 0.481 e. The summed E-state index contributed by atoms with van der Waals surface area (Å²) in [4.78, 5) is 10.7. The number of aliphatic carboxylic acids is 1. The predicted molar refractivity (Wildman–Crippen MR) is 190 cm³/mol. The van der Waals surface area contributed by atoms with Gasteiger partial charge in [0.15, 0.2) is 0 Å². The number of hydrogen-bond donors (Lipinski definition) is 1. The lowest BCUT2D eigenvalue weighted by molar-refractivity contribution is -0.136. The lowest BCUT2D eigenvalue weighted by atomic mass is 9.72. The maximum atomic E-state index is 10.7. The van der Waals surface area contributed by atoms with Crippen molar-refractivity contribution in [2.24, 2.45) is 5.41 Å². The van der Waals surface area contributed by atoms with Crippen molar-refractivity contribution in [1.82, 2.24) is 0 Å². The van der Waals surface area contributed by atoms with E-state index in [0.717, 1.165) is 18.4 Å². The van der Waals surface area contributed by atoms with Gasteiger partial charge in [-0.3, -0.25) is 4.79 Å². The molecule has 2 heteroatoms. The Morgan fingerprint density at radius 2 is 1.21 bits per heavy atom. The zero-order valence-corrected chi connectivity index (χ0v) is 28.3. The van der Waals surface area contributed by atoms with Crippen LogP contribution in [0.25, 0.3) is 0 Å². The maximum Gasteiger partial charge on any atom is 0.307 e. The first-order valence-corrected chi connectivity index (χ1v) is 15.6. The summed E-state index contributed by atoms with van der Waals surface area (Å²) >= 11 is 0. The number of rotatable bonds is 15. The summed E-state index contributed by atoms with van der Waals surface area (Å²) in [5, 5.41) is 8.82. The van der Waals surface area contributed by atoms with Gasteiger partial charge in [-0.2, -0.15) is 0 Å². The van der Waals surface area contributed by atoms with E-state index in [1.807, 2.05) is 13.0 Å². The van der Waals surface area contributed by atoms with Crippen LogP contribution in [0.15, 0.2) is 142 Å². The zero-order chi connectivity index (χ0) is 32.3. The van der Waals surface area contributed by atoms with E-state index in [4.69, 9.17) is 5.11 Å². The molecule has 0 saturated carbocycles. The van der Waals surface area contributed by atoms with Crippen LogP contribution in [0, 0.1) is 5.41 Å². The highest BCUT2D eigenvalue weighted by Crippen LogP contribution is 2.40. The molecule has 0 radical (unpaired) electrons. The maximum absolute atomic E-state index is 10.7. The second kappa shape index (κ2) is 20.3. The molecule has 1 rings (SSSR count). The van der Waals surface area contributed by atoms with Gasteiger partial charge >= 0.3 is 5.97 Å². The van der Waals surface area contributed by atoms with Crippen LogP contribution < -0.4 is 0 Å². The summed E-state index contributed by atoms with van der Waals surface area (Å²) in [5.74, 6) is -0.775. The summed E-state index contributed by atoms with van der Waals surface area (Å²) in [6, 6.07) is 0. The third-order valence-electron chi connectivity index (χ3n) is 7.52. The van der Waals surface area contributed by atoms with Crippen LogP contribution in [-0.2, 0) is 4.79 Å². The number of carbonyl (C=O) groups is 1. The molecule has 1 aliphatic carbocycles. The lowest BCUT2D eigenvalue weighted by Gasteiger charge is -2.32. The molecule has 0 fully saturated rings. The molecule has 232 valence electrons. The van der Waals surface area contributed by atoms with Crippen LogP contribution in [0.3, 0.4) is 0 Å². The average molecular weight is 581 g/mol. The van der Waals surface area contributed by atoms with E-state index in [9.17, 15) is 4.79 Å². The topological polar surface area (TPSA) is 37.3 Å². The molecule has 0 spiro atoms. The van der Waals surface area contributed by atoms with E-state index >= 15 is 0 Å². The molecule has 0 unspecified atom stereocenters. The van der Waals surface area contributed by atoms with Crippen LogP contribution in [-0.4, -0.2) is 11.1 Å². The van der Waals surface area contributed by atoms with Crippen molar-refractivity contribution in [3.63, 3.8) is 0 Å². The normalized spacial score (nSPS) is 18.5. The fraction of sp³-hybridized carbons (Fsp3) is 0.390. The first kappa shape index (κ1) is 37.4. The molecular formula is C41H56O2. The van der Waals surface area contributed by atoms with Crippen LogP contribution in [0.5, 0.6) is 0 Å². The molecule has 0 atom stereocenters. The lowest BCUT2D eigenvalue weighted by Crippen LogP contribution is -2.19. The Balaban J connectivity index is 2.56. The van der Waals surface area contributed by atoms with Gasteiger partial charge in [-0.05, 0) is 91.6 Å². The molecule has 0 heterocycles. The van der Waals surface area contributed by atoms with Gasteiger partial charge in [0.25, 0.3) is 0 Å². The van der Waals surface area contributed by atoms with Gasteiger partial charge in [0, 0.05) is 0 Å². The van der Waals surface area contributed by atoms with Crippen molar-refractivity contribution in [1.29, 1.82) is 0 Å². The third kappa shape index (κ3) is 17.8. The smallest absolute Gasteiger partial charge is 0.307 e. The van der Waals surface area contributed by atoms with Crippen molar-refractivity contribution in [3.8, 4) is 0 Å². The molecule has 1 aliphatic rings. The molecule has 0 bridgehead atoms. The first-order valence-electron chi connectivity index (χ1n) is 15.6. The fourth-order valence-electron chi connectivity index (χ4n) is 4.87. The van der Waals surface area contributed by atoms with Crippen LogP contribution in [0.4, 0.5) is 0 Å². The summed E-state index contributed by atoms with van der Waals surface area (Å²) < 4.78 is 0. The van der Waals surface area contributed by atoms with Crippen LogP contribution >= 0.6 is 0 Å². The van der Waals surface area contributed by atoms with Gasteiger partial charge in [-0.1, -0.05) is 150 Å². The number of allylic oxidation sites excluding steroid dienone is 23. The Bertz CT molecular complexity index is 1300.